The normalized spacial score (nSPS) is 10.8. The number of halogens is 3. The average molecular weight is 478 g/mol. The topological polar surface area (TPSA) is 50.7 Å². The van der Waals surface area contributed by atoms with E-state index in [0.29, 0.717) is 33.5 Å². The molecule has 3 aromatic rings. The molecule has 142 valence electrons. The number of ether oxygens (including phenoxy) is 1. The summed E-state index contributed by atoms with van der Waals surface area (Å²) >= 11 is 15.3. The molecule has 1 N–H and O–H groups in total. The minimum atomic E-state index is -0.333. The van der Waals surface area contributed by atoms with Gasteiger partial charge in [0.2, 0.25) is 0 Å². The Morgan fingerprint density at radius 1 is 1.04 bits per heavy atom. The van der Waals surface area contributed by atoms with Crippen LogP contribution in [0.25, 0.3) is 0 Å². The highest BCUT2D eigenvalue weighted by Crippen LogP contribution is 2.19. The minimum absolute atomic E-state index is 0.333. The quantitative estimate of drug-likeness (QED) is 0.344. The monoisotopic (exact) mass is 476 g/mol. The third kappa shape index (κ3) is 5.83. The second-order valence-electron chi connectivity index (χ2n) is 5.80. The van der Waals surface area contributed by atoms with E-state index in [2.05, 4.69) is 26.5 Å². The summed E-state index contributed by atoms with van der Waals surface area (Å²) in [5.74, 6) is 0.344. The minimum Gasteiger partial charge on any atom is -0.489 e. The van der Waals surface area contributed by atoms with Crippen molar-refractivity contribution in [2.75, 3.05) is 0 Å². The molecule has 4 nitrogen and oxygen atoms in total. The first kappa shape index (κ1) is 20.4. The first-order valence-electron chi connectivity index (χ1n) is 8.27. The van der Waals surface area contributed by atoms with Crippen molar-refractivity contribution in [1.82, 2.24) is 5.43 Å². The molecule has 0 unspecified atom stereocenters. The van der Waals surface area contributed by atoms with E-state index in [-0.39, 0.29) is 5.91 Å². The van der Waals surface area contributed by atoms with E-state index in [1.54, 1.807) is 42.5 Å². The van der Waals surface area contributed by atoms with Gasteiger partial charge in [-0.1, -0.05) is 57.3 Å². The van der Waals surface area contributed by atoms with E-state index in [9.17, 15) is 4.79 Å². The average Bonchev–Trinajstić information content (AvgIpc) is 2.69. The van der Waals surface area contributed by atoms with Gasteiger partial charge in [-0.3, -0.25) is 4.79 Å². The predicted octanol–water partition coefficient (Wildman–Crippen LogP) is 6.10. The van der Waals surface area contributed by atoms with Crippen LogP contribution in [0.2, 0.25) is 10.0 Å². The van der Waals surface area contributed by atoms with E-state index in [1.807, 2.05) is 24.3 Å². The molecular formula is C21H15BrCl2N2O2. The number of benzene rings is 3. The Bertz CT molecular complexity index is 990. The molecule has 0 saturated carbocycles. The van der Waals surface area contributed by atoms with Crippen molar-refractivity contribution in [2.24, 2.45) is 5.10 Å². The fraction of sp³-hybridized carbons (Fsp3) is 0.0476. The highest BCUT2D eigenvalue weighted by Gasteiger charge is 2.05. The first-order chi connectivity index (χ1) is 13.5. The molecule has 0 spiro atoms. The van der Waals surface area contributed by atoms with Gasteiger partial charge >= 0.3 is 0 Å². The maximum atomic E-state index is 12.2. The van der Waals surface area contributed by atoms with Crippen LogP contribution in [-0.2, 0) is 6.61 Å². The van der Waals surface area contributed by atoms with Gasteiger partial charge in [0, 0.05) is 20.6 Å². The predicted molar refractivity (Wildman–Crippen MR) is 116 cm³/mol. The van der Waals surface area contributed by atoms with Crippen LogP contribution in [0.15, 0.2) is 76.3 Å². The molecule has 0 heterocycles. The van der Waals surface area contributed by atoms with Crippen LogP contribution in [-0.4, -0.2) is 12.1 Å². The van der Waals surface area contributed by atoms with E-state index in [1.165, 1.54) is 6.21 Å². The summed E-state index contributed by atoms with van der Waals surface area (Å²) in [5, 5.41) is 4.92. The summed E-state index contributed by atoms with van der Waals surface area (Å²) in [6.07, 6.45) is 1.46. The number of hydrogen-bond donors (Lipinski definition) is 1. The first-order valence-corrected chi connectivity index (χ1v) is 9.82. The van der Waals surface area contributed by atoms with Crippen molar-refractivity contribution < 1.29 is 9.53 Å². The number of hydrazone groups is 1. The van der Waals surface area contributed by atoms with Gasteiger partial charge in [-0.2, -0.15) is 5.10 Å². The second kappa shape index (κ2) is 9.73. The van der Waals surface area contributed by atoms with E-state index < -0.39 is 0 Å². The zero-order valence-corrected chi connectivity index (χ0v) is 17.6. The van der Waals surface area contributed by atoms with Gasteiger partial charge in [0.25, 0.3) is 5.91 Å². The molecule has 0 saturated heterocycles. The molecule has 0 radical (unpaired) electrons. The van der Waals surface area contributed by atoms with Crippen molar-refractivity contribution in [3.05, 3.63) is 97.9 Å². The van der Waals surface area contributed by atoms with Crippen LogP contribution >= 0.6 is 39.1 Å². The van der Waals surface area contributed by atoms with Crippen LogP contribution < -0.4 is 10.2 Å². The fourth-order valence-electron chi connectivity index (χ4n) is 2.28. The zero-order valence-electron chi connectivity index (χ0n) is 14.5. The molecular weight excluding hydrogens is 463 g/mol. The molecule has 0 aliphatic carbocycles. The molecule has 0 aliphatic heterocycles. The number of carbonyl (C=O) groups is 1. The number of hydrogen-bond acceptors (Lipinski definition) is 3. The molecule has 1 amide bonds. The van der Waals surface area contributed by atoms with Gasteiger partial charge < -0.3 is 4.74 Å². The van der Waals surface area contributed by atoms with Gasteiger partial charge in [0.05, 0.1) is 11.2 Å². The van der Waals surface area contributed by atoms with Gasteiger partial charge in [-0.15, -0.1) is 0 Å². The van der Waals surface area contributed by atoms with Crippen LogP contribution in [0, 0.1) is 0 Å². The lowest BCUT2D eigenvalue weighted by molar-refractivity contribution is 0.0955. The molecule has 7 heteroatoms. The lowest BCUT2D eigenvalue weighted by Crippen LogP contribution is -2.17. The summed E-state index contributed by atoms with van der Waals surface area (Å²) < 4.78 is 6.75. The number of nitrogens with zero attached hydrogens (tertiary/aromatic N) is 1. The molecule has 28 heavy (non-hydrogen) atoms. The Kier molecular flexibility index (Phi) is 7.09. The highest BCUT2D eigenvalue weighted by atomic mass is 79.9. The molecule has 0 aliphatic rings. The Morgan fingerprint density at radius 3 is 2.43 bits per heavy atom. The molecule has 0 bridgehead atoms. The summed E-state index contributed by atoms with van der Waals surface area (Å²) in [7, 11) is 0. The van der Waals surface area contributed by atoms with Crippen LogP contribution in [0.5, 0.6) is 5.75 Å². The number of amides is 1. The maximum Gasteiger partial charge on any atom is 0.271 e. The Morgan fingerprint density at radius 2 is 1.75 bits per heavy atom. The molecule has 0 atom stereocenters. The Labute approximate surface area is 181 Å². The second-order valence-corrected chi connectivity index (χ2v) is 7.56. The van der Waals surface area contributed by atoms with Crippen molar-refractivity contribution in [2.45, 2.75) is 6.61 Å². The Hall–Kier alpha value is -2.34. The SMILES string of the molecule is O=C(NN=Cc1ccc(Cl)cc1Cl)c1ccc(OCc2ccc(Br)cc2)cc1. The summed E-state index contributed by atoms with van der Waals surface area (Å²) in [6.45, 7) is 0.449. The smallest absolute Gasteiger partial charge is 0.271 e. The summed E-state index contributed by atoms with van der Waals surface area (Å²) in [4.78, 5) is 12.2. The summed E-state index contributed by atoms with van der Waals surface area (Å²) in [6, 6.07) is 19.8. The third-order valence-electron chi connectivity index (χ3n) is 3.77. The largest absolute Gasteiger partial charge is 0.489 e. The highest BCUT2D eigenvalue weighted by molar-refractivity contribution is 9.10. The third-order valence-corrected chi connectivity index (χ3v) is 4.86. The van der Waals surface area contributed by atoms with Crippen LogP contribution in [0.1, 0.15) is 21.5 Å². The standard InChI is InChI=1S/C21H15BrCl2N2O2/c22-17-6-1-14(2-7-17)13-28-19-9-4-15(5-10-19)21(27)26-25-12-16-3-8-18(23)11-20(16)24/h1-12H,13H2,(H,26,27). The zero-order chi connectivity index (χ0) is 19.9. The van der Waals surface area contributed by atoms with E-state index >= 15 is 0 Å². The lowest BCUT2D eigenvalue weighted by Gasteiger charge is -2.07. The Balaban J connectivity index is 1.54. The van der Waals surface area contributed by atoms with Crippen molar-refractivity contribution in [3.8, 4) is 5.75 Å². The van der Waals surface area contributed by atoms with Crippen LogP contribution in [0.3, 0.4) is 0 Å². The van der Waals surface area contributed by atoms with E-state index in [0.717, 1.165) is 10.0 Å². The molecule has 0 fully saturated rings. The van der Waals surface area contributed by atoms with Crippen molar-refractivity contribution in [3.63, 3.8) is 0 Å². The van der Waals surface area contributed by atoms with Gasteiger partial charge in [-0.05, 0) is 54.1 Å². The lowest BCUT2D eigenvalue weighted by atomic mass is 10.2. The van der Waals surface area contributed by atoms with Gasteiger partial charge in [0.15, 0.2) is 0 Å². The molecule has 0 aromatic heterocycles. The van der Waals surface area contributed by atoms with E-state index in [4.69, 9.17) is 27.9 Å². The van der Waals surface area contributed by atoms with Crippen LogP contribution in [0.4, 0.5) is 0 Å². The summed E-state index contributed by atoms with van der Waals surface area (Å²) in [5.41, 5.74) is 4.64. The maximum absolute atomic E-state index is 12.2. The van der Waals surface area contributed by atoms with Crippen molar-refractivity contribution >= 4 is 51.3 Å². The number of nitrogens with one attached hydrogen (secondary N) is 1. The number of rotatable bonds is 6. The molecule has 3 rings (SSSR count). The molecule has 3 aromatic carbocycles. The van der Waals surface area contributed by atoms with Gasteiger partial charge in [-0.25, -0.2) is 5.43 Å². The van der Waals surface area contributed by atoms with Gasteiger partial charge in [0.1, 0.15) is 12.4 Å². The van der Waals surface area contributed by atoms with Crippen molar-refractivity contribution in [1.29, 1.82) is 0 Å². The number of carbonyl (C=O) groups excluding carboxylic acids is 1. The fourth-order valence-corrected chi connectivity index (χ4v) is 3.00.